The number of carbonyl (C=O) groups is 4. The van der Waals surface area contributed by atoms with Crippen molar-refractivity contribution in [2.45, 2.75) is 0 Å². The molecule has 0 unspecified atom stereocenters. The van der Waals surface area contributed by atoms with E-state index in [1.54, 1.807) is 12.1 Å². The van der Waals surface area contributed by atoms with Gasteiger partial charge >= 0.3 is 6.03 Å². The van der Waals surface area contributed by atoms with E-state index in [0.29, 0.717) is 15.8 Å². The van der Waals surface area contributed by atoms with Crippen LogP contribution in [0.4, 0.5) is 14.9 Å². The van der Waals surface area contributed by atoms with E-state index in [-0.39, 0.29) is 17.9 Å². The third kappa shape index (κ3) is 4.49. The summed E-state index contributed by atoms with van der Waals surface area (Å²) in [6.07, 6.45) is 1.29. The molecule has 5 amide bonds. The fourth-order valence-corrected chi connectivity index (χ4v) is 3.03. The summed E-state index contributed by atoms with van der Waals surface area (Å²) >= 11 is 3.27. The SMILES string of the molecule is NC(=O)COc1ccc(/C=C2\C(=O)NC(=O)N(c3ccc(F)cc3)C2=O)cc1Br. The van der Waals surface area contributed by atoms with Gasteiger partial charge in [0.15, 0.2) is 6.61 Å². The Hall–Kier alpha value is -3.53. The molecule has 2 aromatic rings. The third-order valence-corrected chi connectivity index (χ3v) is 4.44. The minimum atomic E-state index is -0.930. The summed E-state index contributed by atoms with van der Waals surface area (Å²) in [5, 5.41) is 2.08. The van der Waals surface area contributed by atoms with E-state index in [1.807, 2.05) is 0 Å². The van der Waals surface area contributed by atoms with Gasteiger partial charge in [-0.1, -0.05) is 6.07 Å². The van der Waals surface area contributed by atoms with Crippen LogP contribution >= 0.6 is 15.9 Å². The summed E-state index contributed by atoms with van der Waals surface area (Å²) in [5.74, 6) is -2.54. The molecule has 0 aliphatic carbocycles. The van der Waals surface area contributed by atoms with E-state index >= 15 is 0 Å². The zero-order valence-electron chi connectivity index (χ0n) is 14.6. The zero-order valence-corrected chi connectivity index (χ0v) is 16.2. The fourth-order valence-electron chi connectivity index (χ4n) is 2.52. The van der Waals surface area contributed by atoms with Gasteiger partial charge in [-0.3, -0.25) is 19.7 Å². The van der Waals surface area contributed by atoms with Crippen LogP contribution in [-0.4, -0.2) is 30.4 Å². The van der Waals surface area contributed by atoms with Crippen LogP contribution < -0.4 is 20.7 Å². The Labute approximate surface area is 172 Å². The number of rotatable bonds is 5. The summed E-state index contributed by atoms with van der Waals surface area (Å²) in [6, 6.07) is 8.39. The number of halogens is 2. The van der Waals surface area contributed by atoms with Gasteiger partial charge in [-0.25, -0.2) is 14.1 Å². The van der Waals surface area contributed by atoms with Crippen LogP contribution in [0.3, 0.4) is 0 Å². The average molecular weight is 462 g/mol. The molecule has 0 radical (unpaired) electrons. The predicted molar refractivity (Wildman–Crippen MR) is 104 cm³/mol. The Morgan fingerprint density at radius 2 is 1.86 bits per heavy atom. The molecule has 0 spiro atoms. The number of carbonyl (C=O) groups excluding carboxylic acids is 4. The standard InChI is InChI=1S/C19H13BrFN3O5/c20-14-8-10(1-6-15(14)29-9-16(22)25)7-13-17(26)23-19(28)24(18(13)27)12-4-2-11(21)3-5-12/h1-8H,9H2,(H2,22,25)(H,23,26,28)/b13-7+. The molecule has 3 rings (SSSR count). The molecular formula is C19H13BrFN3O5. The Kier molecular flexibility index (Phi) is 5.74. The highest BCUT2D eigenvalue weighted by Gasteiger charge is 2.36. The van der Waals surface area contributed by atoms with Crippen LogP contribution in [0.1, 0.15) is 5.56 Å². The van der Waals surface area contributed by atoms with Crippen molar-refractivity contribution < 1.29 is 28.3 Å². The van der Waals surface area contributed by atoms with Crippen molar-refractivity contribution in [3.05, 3.63) is 63.9 Å². The number of urea groups is 1. The first-order chi connectivity index (χ1) is 13.8. The molecule has 0 saturated carbocycles. The Morgan fingerprint density at radius 3 is 2.48 bits per heavy atom. The van der Waals surface area contributed by atoms with Crippen LogP contribution in [-0.2, 0) is 14.4 Å². The molecule has 1 fully saturated rings. The molecular weight excluding hydrogens is 449 g/mol. The summed E-state index contributed by atoms with van der Waals surface area (Å²) < 4.78 is 18.8. The number of nitrogens with two attached hydrogens (primary N) is 1. The number of hydrogen-bond acceptors (Lipinski definition) is 5. The summed E-state index contributed by atoms with van der Waals surface area (Å²) in [4.78, 5) is 48.6. The van der Waals surface area contributed by atoms with Gasteiger partial charge in [-0.15, -0.1) is 0 Å². The maximum atomic E-state index is 13.1. The Morgan fingerprint density at radius 1 is 1.17 bits per heavy atom. The molecule has 0 aromatic heterocycles. The number of hydrogen-bond donors (Lipinski definition) is 2. The molecule has 1 aliphatic heterocycles. The van der Waals surface area contributed by atoms with Gasteiger partial charge in [-0.2, -0.15) is 0 Å². The molecule has 3 N–H and O–H groups in total. The topological polar surface area (TPSA) is 119 Å². The molecule has 1 heterocycles. The second-order valence-corrected chi connectivity index (χ2v) is 6.73. The van der Waals surface area contributed by atoms with E-state index in [9.17, 15) is 23.6 Å². The van der Waals surface area contributed by atoms with Gasteiger partial charge in [0.2, 0.25) is 0 Å². The number of imide groups is 2. The Balaban J connectivity index is 1.91. The first-order valence-corrected chi connectivity index (χ1v) is 8.93. The second-order valence-electron chi connectivity index (χ2n) is 5.88. The summed E-state index contributed by atoms with van der Waals surface area (Å²) in [5.41, 5.74) is 5.31. The van der Waals surface area contributed by atoms with Crippen molar-refractivity contribution >= 4 is 51.4 Å². The van der Waals surface area contributed by atoms with E-state index in [4.69, 9.17) is 10.5 Å². The molecule has 8 nitrogen and oxygen atoms in total. The highest BCUT2D eigenvalue weighted by molar-refractivity contribution is 9.10. The minimum Gasteiger partial charge on any atom is -0.483 e. The number of nitrogens with zero attached hydrogens (tertiary/aromatic N) is 1. The highest BCUT2D eigenvalue weighted by Crippen LogP contribution is 2.28. The molecule has 29 heavy (non-hydrogen) atoms. The number of ether oxygens (including phenoxy) is 1. The maximum absolute atomic E-state index is 13.1. The monoisotopic (exact) mass is 461 g/mol. The smallest absolute Gasteiger partial charge is 0.335 e. The first kappa shape index (κ1) is 20.2. The van der Waals surface area contributed by atoms with Gasteiger partial charge in [0, 0.05) is 0 Å². The van der Waals surface area contributed by atoms with Crippen molar-refractivity contribution in [2.75, 3.05) is 11.5 Å². The average Bonchev–Trinajstić information content (AvgIpc) is 2.65. The van der Waals surface area contributed by atoms with Gasteiger partial charge < -0.3 is 10.5 Å². The molecule has 0 atom stereocenters. The van der Waals surface area contributed by atoms with Crippen molar-refractivity contribution in [3.8, 4) is 5.75 Å². The van der Waals surface area contributed by atoms with E-state index < -0.39 is 29.6 Å². The highest BCUT2D eigenvalue weighted by atomic mass is 79.9. The number of primary amides is 1. The van der Waals surface area contributed by atoms with Gasteiger partial charge in [0.05, 0.1) is 10.2 Å². The van der Waals surface area contributed by atoms with Crippen molar-refractivity contribution in [1.29, 1.82) is 0 Å². The Bertz CT molecular complexity index is 1050. The number of nitrogens with one attached hydrogen (secondary N) is 1. The lowest BCUT2D eigenvalue weighted by Crippen LogP contribution is -2.54. The summed E-state index contributed by atoms with van der Waals surface area (Å²) in [6.45, 7) is -0.311. The second kappa shape index (κ2) is 8.23. The van der Waals surface area contributed by atoms with Crippen LogP contribution in [0.5, 0.6) is 5.75 Å². The fraction of sp³-hybridized carbons (Fsp3) is 0.0526. The normalized spacial score (nSPS) is 15.4. The quantitative estimate of drug-likeness (QED) is 0.522. The third-order valence-electron chi connectivity index (χ3n) is 3.82. The summed E-state index contributed by atoms with van der Waals surface area (Å²) in [7, 11) is 0. The predicted octanol–water partition coefficient (Wildman–Crippen LogP) is 2.12. The number of benzene rings is 2. The lowest BCUT2D eigenvalue weighted by molar-refractivity contribution is -0.123. The molecule has 1 saturated heterocycles. The lowest BCUT2D eigenvalue weighted by atomic mass is 10.1. The minimum absolute atomic E-state index is 0.115. The van der Waals surface area contributed by atoms with Crippen molar-refractivity contribution in [3.63, 3.8) is 0 Å². The largest absolute Gasteiger partial charge is 0.483 e. The van der Waals surface area contributed by atoms with Gasteiger partial charge in [0.25, 0.3) is 17.7 Å². The van der Waals surface area contributed by atoms with Crippen molar-refractivity contribution in [2.24, 2.45) is 5.73 Å². The lowest BCUT2D eigenvalue weighted by Gasteiger charge is -2.26. The van der Waals surface area contributed by atoms with E-state index in [1.165, 1.54) is 24.3 Å². The number of anilines is 1. The first-order valence-electron chi connectivity index (χ1n) is 8.14. The number of barbiturate groups is 1. The van der Waals surface area contributed by atoms with Crippen LogP contribution in [0.2, 0.25) is 0 Å². The zero-order chi connectivity index (χ0) is 21.1. The molecule has 0 bridgehead atoms. The molecule has 148 valence electrons. The molecule has 1 aliphatic rings. The maximum Gasteiger partial charge on any atom is 0.335 e. The van der Waals surface area contributed by atoms with E-state index in [2.05, 4.69) is 21.2 Å². The van der Waals surface area contributed by atoms with Crippen LogP contribution in [0.15, 0.2) is 52.5 Å². The van der Waals surface area contributed by atoms with E-state index in [0.717, 1.165) is 17.0 Å². The van der Waals surface area contributed by atoms with Crippen molar-refractivity contribution in [1.82, 2.24) is 5.32 Å². The van der Waals surface area contributed by atoms with Crippen LogP contribution in [0, 0.1) is 5.82 Å². The number of amides is 5. The van der Waals surface area contributed by atoms with Gasteiger partial charge in [0.1, 0.15) is 17.1 Å². The molecule has 2 aromatic carbocycles. The van der Waals surface area contributed by atoms with Gasteiger partial charge in [-0.05, 0) is 64.0 Å². The van der Waals surface area contributed by atoms with Crippen LogP contribution in [0.25, 0.3) is 6.08 Å². The molecule has 10 heteroatoms.